The Kier molecular flexibility index (Phi) is 6.94. The molecule has 0 spiro atoms. The first-order chi connectivity index (χ1) is 28.5. The highest BCUT2D eigenvalue weighted by atomic mass is 15.1. The smallest absolute Gasteiger partial charge is 0.165 e. The number of fused-ring (bicyclic) bond motifs is 9. The van der Waals surface area contributed by atoms with Crippen molar-refractivity contribution < 1.29 is 0 Å². The number of benzene rings is 8. The molecule has 8 aromatic carbocycles. The Bertz CT molecular complexity index is 3480. The third-order valence-corrected chi connectivity index (χ3v) is 12.4. The number of aromatic nitrogens is 4. The van der Waals surface area contributed by atoms with Crippen molar-refractivity contribution in [3.05, 3.63) is 193 Å². The van der Waals surface area contributed by atoms with Crippen LogP contribution in [0.1, 0.15) is 25.0 Å². The molecule has 58 heavy (non-hydrogen) atoms. The Balaban J connectivity index is 1.11. The monoisotopic (exact) mass is 740 g/mol. The fourth-order valence-corrected chi connectivity index (χ4v) is 9.58. The summed E-state index contributed by atoms with van der Waals surface area (Å²) in [6, 6.07) is 63.4. The standard InChI is InChI=1S/C54H36N4/c1-54(2)44-19-6-5-16-41(44)42-28-27-38(31-45(42)54)39-17-10-22-48-50(39)43-30-36-12-3-4-13-37(36)32-49(43)58(48)53-52(56-46-20-7-8-21-47(46)57-53)35-25-23-33(24-26-35)40-18-9-14-34-15-11-29-55-51(34)40/h3-32H,1-2H3. The lowest BCUT2D eigenvalue weighted by Crippen LogP contribution is -2.14. The number of hydrogen-bond donors (Lipinski definition) is 0. The molecule has 0 radical (unpaired) electrons. The van der Waals surface area contributed by atoms with E-state index in [4.69, 9.17) is 15.0 Å². The average Bonchev–Trinajstić information content (AvgIpc) is 3.72. The van der Waals surface area contributed by atoms with Gasteiger partial charge in [-0.25, -0.2) is 9.97 Å². The maximum atomic E-state index is 5.48. The quantitative estimate of drug-likeness (QED) is 0.180. The van der Waals surface area contributed by atoms with Gasteiger partial charge in [0.15, 0.2) is 5.82 Å². The molecular formula is C54H36N4. The van der Waals surface area contributed by atoms with Crippen LogP contribution in [0, 0.1) is 0 Å². The predicted octanol–water partition coefficient (Wildman–Crippen LogP) is 13.7. The van der Waals surface area contributed by atoms with Crippen molar-refractivity contribution in [2.75, 3.05) is 0 Å². The maximum Gasteiger partial charge on any atom is 0.165 e. The van der Waals surface area contributed by atoms with Gasteiger partial charge < -0.3 is 0 Å². The molecule has 0 saturated carbocycles. The number of hydrogen-bond acceptors (Lipinski definition) is 3. The summed E-state index contributed by atoms with van der Waals surface area (Å²) in [7, 11) is 0. The second-order valence-electron chi connectivity index (χ2n) is 16.0. The van der Waals surface area contributed by atoms with Gasteiger partial charge in [-0.2, -0.15) is 0 Å². The fourth-order valence-electron chi connectivity index (χ4n) is 9.58. The van der Waals surface area contributed by atoms with Gasteiger partial charge in [0.25, 0.3) is 0 Å². The molecular weight excluding hydrogens is 705 g/mol. The van der Waals surface area contributed by atoms with Gasteiger partial charge in [-0.15, -0.1) is 0 Å². The minimum Gasteiger partial charge on any atom is -0.292 e. The van der Waals surface area contributed by atoms with Gasteiger partial charge in [0.2, 0.25) is 0 Å². The third kappa shape index (κ3) is 4.78. The van der Waals surface area contributed by atoms with Gasteiger partial charge in [-0.1, -0.05) is 147 Å². The van der Waals surface area contributed by atoms with Crippen LogP contribution in [0.15, 0.2) is 182 Å². The van der Waals surface area contributed by atoms with Crippen molar-refractivity contribution in [1.29, 1.82) is 0 Å². The molecule has 272 valence electrons. The lowest BCUT2D eigenvalue weighted by atomic mass is 9.81. The van der Waals surface area contributed by atoms with E-state index in [1.165, 1.54) is 54.9 Å². The molecule has 4 heteroatoms. The summed E-state index contributed by atoms with van der Waals surface area (Å²) in [6.07, 6.45) is 1.86. The molecule has 0 aliphatic heterocycles. The Morgan fingerprint density at radius 1 is 0.448 bits per heavy atom. The second-order valence-corrected chi connectivity index (χ2v) is 16.0. The molecule has 0 bridgehead atoms. The normalized spacial score (nSPS) is 13.1. The van der Waals surface area contributed by atoms with E-state index in [1.807, 2.05) is 24.4 Å². The summed E-state index contributed by atoms with van der Waals surface area (Å²) < 4.78 is 2.35. The highest BCUT2D eigenvalue weighted by Gasteiger charge is 2.35. The SMILES string of the molecule is CC1(C)c2ccccc2-c2ccc(-c3cccc4c3c3cc5ccccc5cc3n4-c3nc4ccccc4nc3-c3ccc(-c4cccc5cccnc45)cc3)cc21. The Morgan fingerprint density at radius 3 is 1.95 bits per heavy atom. The van der Waals surface area contributed by atoms with Crippen LogP contribution >= 0.6 is 0 Å². The molecule has 0 atom stereocenters. The third-order valence-electron chi connectivity index (χ3n) is 12.4. The van der Waals surface area contributed by atoms with Crippen molar-refractivity contribution in [2.24, 2.45) is 0 Å². The van der Waals surface area contributed by atoms with Crippen molar-refractivity contribution >= 4 is 54.5 Å². The van der Waals surface area contributed by atoms with Gasteiger partial charge in [0.05, 0.1) is 27.6 Å². The van der Waals surface area contributed by atoms with Crippen LogP contribution in [0.2, 0.25) is 0 Å². The van der Waals surface area contributed by atoms with Gasteiger partial charge >= 0.3 is 0 Å². The highest BCUT2D eigenvalue weighted by Crippen LogP contribution is 2.50. The van der Waals surface area contributed by atoms with Crippen molar-refractivity contribution in [3.63, 3.8) is 0 Å². The van der Waals surface area contributed by atoms with Gasteiger partial charge in [-0.3, -0.25) is 9.55 Å². The molecule has 0 amide bonds. The van der Waals surface area contributed by atoms with Crippen LogP contribution < -0.4 is 0 Å². The molecule has 12 rings (SSSR count). The zero-order valence-corrected chi connectivity index (χ0v) is 32.1. The molecule has 0 N–H and O–H groups in total. The molecule has 4 nitrogen and oxygen atoms in total. The largest absolute Gasteiger partial charge is 0.292 e. The van der Waals surface area contributed by atoms with Crippen molar-refractivity contribution in [3.8, 4) is 50.5 Å². The van der Waals surface area contributed by atoms with Crippen LogP contribution in [-0.4, -0.2) is 19.5 Å². The molecule has 3 aromatic heterocycles. The highest BCUT2D eigenvalue weighted by molar-refractivity contribution is 6.19. The van der Waals surface area contributed by atoms with Crippen LogP contribution in [0.3, 0.4) is 0 Å². The second kappa shape index (κ2) is 12.3. The van der Waals surface area contributed by atoms with Crippen LogP contribution in [-0.2, 0) is 5.41 Å². The van der Waals surface area contributed by atoms with Gasteiger partial charge in [0.1, 0.15) is 5.69 Å². The minimum absolute atomic E-state index is 0.102. The molecule has 0 saturated heterocycles. The topological polar surface area (TPSA) is 43.6 Å². The van der Waals surface area contributed by atoms with Crippen molar-refractivity contribution in [1.82, 2.24) is 19.5 Å². The van der Waals surface area contributed by atoms with Crippen LogP contribution in [0.5, 0.6) is 0 Å². The minimum atomic E-state index is -0.102. The lowest BCUT2D eigenvalue weighted by molar-refractivity contribution is 0.660. The number of para-hydroxylation sites is 3. The number of rotatable bonds is 4. The molecule has 11 aromatic rings. The van der Waals surface area contributed by atoms with Gasteiger partial charge in [-0.05, 0) is 92.2 Å². The van der Waals surface area contributed by atoms with Gasteiger partial charge in [0, 0.05) is 38.9 Å². The van der Waals surface area contributed by atoms with E-state index in [2.05, 4.69) is 176 Å². The summed E-state index contributed by atoms with van der Waals surface area (Å²) >= 11 is 0. The van der Waals surface area contributed by atoms with E-state index >= 15 is 0 Å². The Hall–Kier alpha value is -7.43. The lowest BCUT2D eigenvalue weighted by Gasteiger charge is -2.22. The first kappa shape index (κ1) is 32.8. The molecule has 1 aliphatic carbocycles. The molecule has 1 aliphatic rings. The van der Waals surface area contributed by atoms with E-state index in [-0.39, 0.29) is 5.41 Å². The summed E-state index contributed by atoms with van der Waals surface area (Å²) in [6.45, 7) is 4.71. The molecule has 3 heterocycles. The van der Waals surface area contributed by atoms with E-state index in [0.29, 0.717) is 0 Å². The molecule has 0 fully saturated rings. The predicted molar refractivity (Wildman–Crippen MR) is 241 cm³/mol. The van der Waals surface area contributed by atoms with E-state index in [0.717, 1.165) is 61.2 Å². The Labute approximate surface area is 335 Å². The Morgan fingerprint density at radius 2 is 1.09 bits per heavy atom. The average molecular weight is 741 g/mol. The summed E-state index contributed by atoms with van der Waals surface area (Å²) in [5.41, 5.74) is 16.6. The fraction of sp³-hybridized carbons (Fsp3) is 0.0556. The summed E-state index contributed by atoms with van der Waals surface area (Å²) in [5.74, 6) is 0.802. The maximum absolute atomic E-state index is 5.48. The van der Waals surface area contributed by atoms with E-state index in [1.54, 1.807) is 0 Å². The number of pyridine rings is 1. The summed E-state index contributed by atoms with van der Waals surface area (Å²) in [5, 5.41) is 5.90. The first-order valence-electron chi connectivity index (χ1n) is 19.9. The number of nitrogens with zero attached hydrogens (tertiary/aromatic N) is 4. The van der Waals surface area contributed by atoms with E-state index in [9.17, 15) is 0 Å². The zero-order valence-electron chi connectivity index (χ0n) is 32.1. The summed E-state index contributed by atoms with van der Waals surface area (Å²) in [4.78, 5) is 15.6. The molecule has 0 unspecified atom stereocenters. The van der Waals surface area contributed by atoms with Crippen LogP contribution in [0.4, 0.5) is 0 Å². The first-order valence-corrected chi connectivity index (χ1v) is 19.9. The zero-order chi connectivity index (χ0) is 38.5. The van der Waals surface area contributed by atoms with E-state index < -0.39 is 0 Å². The van der Waals surface area contributed by atoms with Crippen molar-refractivity contribution in [2.45, 2.75) is 19.3 Å². The van der Waals surface area contributed by atoms with Crippen LogP contribution in [0.25, 0.3) is 105 Å².